The molecular formula is C26H30ClN9O3. The third-order valence-corrected chi connectivity index (χ3v) is 7.67. The van der Waals surface area contributed by atoms with Gasteiger partial charge in [0.15, 0.2) is 5.76 Å². The summed E-state index contributed by atoms with van der Waals surface area (Å²) in [7, 11) is 1.37. The molecule has 0 spiro atoms. The normalized spacial score (nSPS) is 18.6. The smallest absolute Gasteiger partial charge is 0.337 e. The second kappa shape index (κ2) is 10.7. The van der Waals surface area contributed by atoms with Crippen molar-refractivity contribution in [2.45, 2.75) is 12.8 Å². The number of aromatic nitrogens is 5. The Hall–Kier alpha value is -3.90. The molecule has 6 rings (SSSR count). The Bertz CT molecular complexity index is 1470. The number of anilines is 3. The molecule has 1 atom stereocenters. The highest BCUT2D eigenvalue weighted by atomic mass is 35.5. The number of benzene rings is 1. The molecule has 1 aromatic carbocycles. The summed E-state index contributed by atoms with van der Waals surface area (Å²) in [6, 6.07) is 8.92. The molecule has 2 N–H and O–H groups in total. The first-order chi connectivity index (χ1) is 19.0. The van der Waals surface area contributed by atoms with Crippen LogP contribution in [0, 0.1) is 5.92 Å². The minimum Gasteiger partial charge on any atom is -0.465 e. The van der Waals surface area contributed by atoms with Gasteiger partial charge in [0.1, 0.15) is 0 Å². The van der Waals surface area contributed by atoms with E-state index in [0.717, 1.165) is 64.3 Å². The fourth-order valence-electron chi connectivity index (χ4n) is 5.39. The molecule has 0 unspecified atom stereocenters. The zero-order chi connectivity index (χ0) is 26.9. The average Bonchev–Trinajstić information content (AvgIpc) is 3.64. The summed E-state index contributed by atoms with van der Waals surface area (Å²) in [4.78, 5) is 32.5. The lowest BCUT2D eigenvalue weighted by Crippen LogP contribution is -2.50. The van der Waals surface area contributed by atoms with Crippen LogP contribution in [0.25, 0.3) is 17.4 Å². The summed E-state index contributed by atoms with van der Waals surface area (Å²) in [5.41, 5.74) is 7.63. The van der Waals surface area contributed by atoms with Gasteiger partial charge >= 0.3 is 5.97 Å². The molecule has 3 aromatic heterocycles. The van der Waals surface area contributed by atoms with Crippen molar-refractivity contribution in [3.63, 3.8) is 0 Å². The van der Waals surface area contributed by atoms with Gasteiger partial charge in [-0.1, -0.05) is 11.6 Å². The van der Waals surface area contributed by atoms with Gasteiger partial charge in [-0.25, -0.2) is 4.79 Å². The molecule has 2 aliphatic rings. The largest absolute Gasteiger partial charge is 0.465 e. The van der Waals surface area contributed by atoms with Crippen molar-refractivity contribution >= 4 is 40.9 Å². The maximum atomic E-state index is 11.8. The van der Waals surface area contributed by atoms with E-state index in [1.54, 1.807) is 30.5 Å². The van der Waals surface area contributed by atoms with Gasteiger partial charge < -0.3 is 24.7 Å². The monoisotopic (exact) mass is 551 g/mol. The molecule has 0 saturated carbocycles. The van der Waals surface area contributed by atoms with E-state index in [9.17, 15) is 4.79 Å². The van der Waals surface area contributed by atoms with E-state index in [4.69, 9.17) is 26.5 Å². The van der Waals surface area contributed by atoms with Crippen LogP contribution in [-0.4, -0.2) is 88.4 Å². The summed E-state index contributed by atoms with van der Waals surface area (Å²) >= 11 is 6.50. The Balaban J connectivity index is 1.08. The predicted octanol–water partition coefficient (Wildman–Crippen LogP) is 2.84. The Morgan fingerprint density at radius 3 is 2.72 bits per heavy atom. The summed E-state index contributed by atoms with van der Waals surface area (Å²) in [5, 5.41) is 4.95. The first-order valence-corrected chi connectivity index (χ1v) is 13.4. The van der Waals surface area contributed by atoms with Crippen LogP contribution < -0.4 is 15.5 Å². The van der Waals surface area contributed by atoms with Crippen LogP contribution in [0.3, 0.4) is 0 Å². The van der Waals surface area contributed by atoms with Crippen LogP contribution in [0.15, 0.2) is 41.0 Å². The Morgan fingerprint density at radius 2 is 1.97 bits per heavy atom. The molecule has 4 aromatic rings. The van der Waals surface area contributed by atoms with E-state index < -0.39 is 0 Å². The second-order valence-electron chi connectivity index (χ2n) is 9.91. The molecule has 2 fully saturated rings. The molecule has 5 heterocycles. The highest BCUT2D eigenvalue weighted by Gasteiger charge is 2.27. The second-order valence-corrected chi connectivity index (χ2v) is 10.3. The molecule has 0 radical (unpaired) electrons. The zero-order valence-electron chi connectivity index (χ0n) is 21.7. The van der Waals surface area contributed by atoms with Gasteiger partial charge in [-0.05, 0) is 49.1 Å². The number of rotatable bonds is 6. The number of carbonyl (C=O) groups excluding carboxylic acids is 1. The lowest BCUT2D eigenvalue weighted by Gasteiger charge is -2.40. The number of ether oxygens (including phenoxy) is 1. The number of carbonyl (C=O) groups is 1. The van der Waals surface area contributed by atoms with Crippen LogP contribution in [0.4, 0.5) is 17.6 Å². The maximum Gasteiger partial charge on any atom is 0.337 e. The summed E-state index contributed by atoms with van der Waals surface area (Å²) in [5.74, 6) is 2.32. The van der Waals surface area contributed by atoms with Crippen LogP contribution in [-0.2, 0) is 4.74 Å². The van der Waals surface area contributed by atoms with Crippen molar-refractivity contribution in [3.05, 3.63) is 47.2 Å². The minimum atomic E-state index is -0.386. The lowest BCUT2D eigenvalue weighted by molar-refractivity contribution is 0.0600. The number of fused-ring (bicyclic) bond motifs is 1. The molecule has 0 bridgehead atoms. The van der Waals surface area contributed by atoms with Crippen molar-refractivity contribution in [3.8, 4) is 11.6 Å². The highest BCUT2D eigenvalue weighted by Crippen LogP contribution is 2.29. The summed E-state index contributed by atoms with van der Waals surface area (Å²) < 4.78 is 11.6. The Morgan fingerprint density at radius 1 is 1.13 bits per heavy atom. The van der Waals surface area contributed by atoms with E-state index in [1.165, 1.54) is 11.6 Å². The number of methoxy groups -OCH3 is 1. The number of esters is 1. The molecule has 12 nitrogen and oxygen atoms in total. The molecule has 0 aliphatic carbocycles. The van der Waals surface area contributed by atoms with Crippen molar-refractivity contribution < 1.29 is 13.9 Å². The number of hydrogen-bond acceptors (Lipinski definition) is 11. The van der Waals surface area contributed by atoms with Gasteiger partial charge in [0, 0.05) is 45.8 Å². The van der Waals surface area contributed by atoms with Gasteiger partial charge in [0.05, 0.1) is 29.6 Å². The molecular weight excluding hydrogens is 522 g/mol. The van der Waals surface area contributed by atoms with E-state index in [0.29, 0.717) is 39.8 Å². The quantitative estimate of drug-likeness (QED) is 0.355. The molecule has 39 heavy (non-hydrogen) atoms. The van der Waals surface area contributed by atoms with Crippen LogP contribution in [0.5, 0.6) is 0 Å². The SMILES string of the molecule is COC(=O)c1ccc(N2CCN(C[C@@H]3CCCN(c4nc(N)n5nc(-c6ccco6)nc5n4)C3)CC2)c(Cl)c1. The number of hydrogen-bond donors (Lipinski definition) is 1. The number of piperidine rings is 1. The van der Waals surface area contributed by atoms with Gasteiger partial charge in [-0.15, -0.1) is 5.10 Å². The molecule has 13 heteroatoms. The number of piperazine rings is 1. The van der Waals surface area contributed by atoms with E-state index in [2.05, 4.69) is 34.8 Å². The first kappa shape index (κ1) is 25.4. The molecule has 204 valence electrons. The average molecular weight is 552 g/mol. The highest BCUT2D eigenvalue weighted by molar-refractivity contribution is 6.33. The van der Waals surface area contributed by atoms with Gasteiger partial charge in [0.2, 0.25) is 17.7 Å². The van der Waals surface area contributed by atoms with Gasteiger partial charge in [-0.2, -0.15) is 19.5 Å². The predicted molar refractivity (Wildman–Crippen MR) is 147 cm³/mol. The van der Waals surface area contributed by atoms with Gasteiger partial charge in [-0.3, -0.25) is 4.90 Å². The zero-order valence-corrected chi connectivity index (χ0v) is 22.4. The summed E-state index contributed by atoms with van der Waals surface area (Å²) in [6.07, 6.45) is 3.79. The molecule has 2 saturated heterocycles. The summed E-state index contributed by atoms with van der Waals surface area (Å²) in [6.45, 7) is 6.36. The third-order valence-electron chi connectivity index (χ3n) is 7.36. The fourth-order valence-corrected chi connectivity index (χ4v) is 5.69. The van der Waals surface area contributed by atoms with Crippen LogP contribution >= 0.6 is 11.6 Å². The molecule has 2 aliphatic heterocycles. The van der Waals surface area contributed by atoms with Crippen molar-refractivity contribution in [2.75, 3.05) is 68.5 Å². The van der Waals surface area contributed by atoms with Crippen molar-refractivity contribution in [1.82, 2.24) is 29.5 Å². The van der Waals surface area contributed by atoms with E-state index >= 15 is 0 Å². The Kier molecular flexibility index (Phi) is 6.96. The molecule has 0 amide bonds. The minimum absolute atomic E-state index is 0.247. The first-order valence-electron chi connectivity index (χ1n) is 13.0. The third kappa shape index (κ3) is 5.21. The lowest BCUT2D eigenvalue weighted by atomic mass is 9.97. The van der Waals surface area contributed by atoms with Crippen molar-refractivity contribution in [2.24, 2.45) is 5.92 Å². The van der Waals surface area contributed by atoms with Gasteiger partial charge in [0.25, 0.3) is 5.78 Å². The number of halogens is 1. The number of nitrogens with two attached hydrogens (primary N) is 1. The van der Waals surface area contributed by atoms with E-state index in [-0.39, 0.29) is 11.9 Å². The van der Waals surface area contributed by atoms with Crippen LogP contribution in [0.2, 0.25) is 5.02 Å². The maximum absolute atomic E-state index is 11.8. The Labute approximate surface area is 230 Å². The van der Waals surface area contributed by atoms with E-state index in [1.807, 2.05) is 6.07 Å². The topological polar surface area (TPSA) is 131 Å². The standard InChI is InChI=1S/C26H30ClN9O3/c1-38-23(37)18-6-7-20(19(27)14-18)34-11-9-33(10-12-34)15-17-4-2-8-35(16-17)25-30-24(28)36-26(31-25)29-22(32-36)21-5-3-13-39-21/h3,5-7,13-14,17H,2,4,8-12,15-16H2,1H3,(H2,28,29,30,31,32)/t17-/m0/s1. The number of nitrogen functional groups attached to an aromatic ring is 1. The fraction of sp³-hybridized carbons (Fsp3) is 0.423. The number of nitrogens with zero attached hydrogens (tertiary/aromatic N) is 8. The number of furan rings is 1. The van der Waals surface area contributed by atoms with Crippen LogP contribution in [0.1, 0.15) is 23.2 Å². The van der Waals surface area contributed by atoms with Crippen molar-refractivity contribution in [1.29, 1.82) is 0 Å².